The van der Waals surface area contributed by atoms with Gasteiger partial charge in [-0.3, -0.25) is 4.68 Å². The van der Waals surface area contributed by atoms with Crippen LogP contribution < -0.4 is 14.4 Å². The van der Waals surface area contributed by atoms with Crippen molar-refractivity contribution in [3.8, 4) is 11.8 Å². The molecule has 2 aliphatic rings. The van der Waals surface area contributed by atoms with Crippen molar-refractivity contribution in [1.82, 2.24) is 95.7 Å². The summed E-state index contributed by atoms with van der Waals surface area (Å²) in [4.78, 5) is 12.0. The average molecular weight is 1800 g/mol. The summed E-state index contributed by atoms with van der Waals surface area (Å²) in [6, 6.07) is 13.9. The molecule has 10 aromatic rings. The Labute approximate surface area is 783 Å². The van der Waals surface area contributed by atoms with Crippen LogP contribution in [-0.4, -0.2) is 122 Å². The molecule has 0 bridgehead atoms. The molecule has 0 spiro atoms. The molecular formula is C104H169FN20O3S. The molecule has 4 unspecified atom stereocenters. The van der Waals surface area contributed by atoms with Gasteiger partial charge in [-0.05, 0) is 236 Å². The van der Waals surface area contributed by atoms with E-state index in [0.29, 0.717) is 67.6 Å². The third-order valence-electron chi connectivity index (χ3n) is 21.3. The molecule has 4 atom stereocenters. The fourth-order valence-electron chi connectivity index (χ4n) is 14.3. The molecule has 2 aliphatic heterocycles. The van der Waals surface area contributed by atoms with E-state index in [1.165, 1.54) is 92.9 Å². The number of aromatic nitrogens is 19. The number of hydrogen-bond donors (Lipinski definition) is 0. The van der Waals surface area contributed by atoms with Crippen molar-refractivity contribution >= 4 is 17.4 Å². The molecule has 0 N–H and O–H groups in total. The van der Waals surface area contributed by atoms with Gasteiger partial charge >= 0.3 is 0 Å². The highest BCUT2D eigenvalue weighted by Crippen LogP contribution is 2.44. The maximum absolute atomic E-state index is 13.2. The van der Waals surface area contributed by atoms with Crippen LogP contribution in [0.2, 0.25) is 0 Å². The van der Waals surface area contributed by atoms with Gasteiger partial charge in [-0.15, -0.1) is 20.4 Å². The molecule has 0 saturated carbocycles. The topological polar surface area (TPSA) is 272 Å². The van der Waals surface area contributed by atoms with Gasteiger partial charge in [0, 0.05) is 91.2 Å². The Hall–Kier alpha value is -9.13. The molecule has 716 valence electrons. The van der Waals surface area contributed by atoms with Gasteiger partial charge in [-0.25, -0.2) is 9.97 Å². The molecule has 1 saturated heterocycles. The lowest BCUT2D eigenvalue weighted by molar-refractivity contribution is 0.195. The van der Waals surface area contributed by atoms with E-state index in [0.717, 1.165) is 93.5 Å². The lowest BCUT2D eigenvalue weighted by Crippen LogP contribution is -2.25. The Morgan fingerprint density at radius 1 is 0.527 bits per heavy atom. The van der Waals surface area contributed by atoms with E-state index in [-0.39, 0.29) is 27.6 Å². The van der Waals surface area contributed by atoms with Gasteiger partial charge in [-0.2, -0.15) is 55.4 Å². The lowest BCUT2D eigenvalue weighted by atomic mass is 9.74. The van der Waals surface area contributed by atoms with Gasteiger partial charge in [0.15, 0.2) is 5.82 Å². The maximum Gasteiger partial charge on any atom is 0.254 e. The first-order valence-electron chi connectivity index (χ1n) is 46.3. The second-order valence-corrected chi connectivity index (χ2v) is 47.1. The summed E-state index contributed by atoms with van der Waals surface area (Å²) in [5.41, 5.74) is 15.8. The fraction of sp³-hybridized carbons (Fsp3) is 0.654. The number of hydrogen-bond acceptors (Lipinski definition) is 23. The van der Waals surface area contributed by atoms with Crippen molar-refractivity contribution < 1.29 is 18.4 Å². The highest BCUT2D eigenvalue weighted by atomic mass is 32.1. The second-order valence-electron chi connectivity index (χ2n) is 46.3. The third kappa shape index (κ3) is 47.0. The molecule has 0 aromatic carbocycles. The first kappa shape index (κ1) is 114. The first-order valence-corrected chi connectivity index (χ1v) is 47.1. The number of aryl methyl sites for hydroxylation is 3. The van der Waals surface area contributed by atoms with Gasteiger partial charge in [0.05, 0.1) is 62.3 Å². The summed E-state index contributed by atoms with van der Waals surface area (Å²) < 4.78 is 34.3. The maximum atomic E-state index is 13.2. The molecule has 10 aromatic heterocycles. The molecule has 25 heteroatoms. The number of ether oxygens (including phenoxy) is 2. The van der Waals surface area contributed by atoms with E-state index in [2.05, 4.69) is 363 Å². The lowest BCUT2D eigenvalue weighted by Gasteiger charge is -2.34. The molecule has 0 radical (unpaired) electrons. The number of anilines is 1. The quantitative estimate of drug-likeness (QED) is 0.0978. The van der Waals surface area contributed by atoms with E-state index in [1.54, 1.807) is 50.5 Å². The fourth-order valence-corrected chi connectivity index (χ4v) is 15.1. The van der Waals surface area contributed by atoms with Crippen LogP contribution in [0.3, 0.4) is 0 Å². The van der Waals surface area contributed by atoms with Gasteiger partial charge < -0.3 is 18.9 Å². The smallest absolute Gasteiger partial charge is 0.254 e. The number of rotatable bonds is 14. The van der Waals surface area contributed by atoms with Gasteiger partial charge in [0.1, 0.15) is 12.1 Å². The molecule has 12 heterocycles. The highest BCUT2D eigenvalue weighted by Gasteiger charge is 2.33. The van der Waals surface area contributed by atoms with Crippen LogP contribution in [0.1, 0.15) is 376 Å². The highest BCUT2D eigenvalue weighted by molar-refractivity contribution is 7.05. The van der Waals surface area contributed by atoms with E-state index >= 15 is 0 Å². The van der Waals surface area contributed by atoms with E-state index in [1.807, 2.05) is 68.6 Å². The van der Waals surface area contributed by atoms with Crippen LogP contribution >= 0.6 is 11.5 Å². The number of fused-ring (bicyclic) bond motifs is 1. The summed E-state index contributed by atoms with van der Waals surface area (Å²) in [5, 5.41) is 58.5. The molecular weight excluding hydrogens is 1630 g/mol. The Kier molecular flexibility index (Phi) is 46.1. The van der Waals surface area contributed by atoms with E-state index in [9.17, 15) is 4.39 Å². The zero-order valence-corrected chi connectivity index (χ0v) is 88.0. The van der Waals surface area contributed by atoms with Gasteiger partial charge in [-0.1, -0.05) is 253 Å². The average Bonchev–Trinajstić information content (AvgIpc) is 1.29. The van der Waals surface area contributed by atoms with Crippen molar-refractivity contribution in [2.24, 2.45) is 61.2 Å². The Bertz CT molecular complexity index is 4660. The van der Waals surface area contributed by atoms with Crippen molar-refractivity contribution in [3.05, 3.63) is 195 Å². The summed E-state index contributed by atoms with van der Waals surface area (Å²) in [6.07, 6.45) is 34.0. The molecule has 12 rings (SSSR count). The van der Waals surface area contributed by atoms with Crippen molar-refractivity contribution in [1.29, 1.82) is 0 Å². The minimum atomic E-state index is -0.454. The number of nitrogens with zero attached hydrogens (tertiary/aromatic N) is 20. The van der Waals surface area contributed by atoms with Gasteiger partial charge in [0.2, 0.25) is 11.8 Å². The Balaban J connectivity index is 0.000000370. The SMILES string of the molecule is CC(C)(C)C1CCOc2nnccc21.CC(C)(C)Cc1ccnnc1N1CCCC1.CC(C)(C)Cc1cnns1.CC(C)c1nnccc1CC(C)(C)C.CC(c1ccnnc1F)C(C)(C)C.CCCC(c1ccnnc1)C(C)(C)C.COc1cc(CC(C)(C)C)on1.Cc1cncnc1C(C)C(C)(C)C.Cc1nnccc1CC(C)(C)C.Cn1cc(CC(C)(C)C)cn1. The molecule has 0 amide bonds. The van der Waals surface area contributed by atoms with E-state index in [4.69, 9.17) is 14.0 Å². The predicted octanol–water partition coefficient (Wildman–Crippen LogP) is 26.1. The van der Waals surface area contributed by atoms with Crippen LogP contribution in [0.15, 0.2) is 121 Å². The minimum Gasteiger partial charge on any atom is -0.479 e. The van der Waals surface area contributed by atoms with Crippen LogP contribution in [0, 0.1) is 73.9 Å². The summed E-state index contributed by atoms with van der Waals surface area (Å²) in [5.74, 6) is 4.98. The molecule has 129 heavy (non-hydrogen) atoms. The van der Waals surface area contributed by atoms with Crippen LogP contribution in [0.4, 0.5) is 10.2 Å². The van der Waals surface area contributed by atoms with Gasteiger partial charge in [0.25, 0.3) is 5.88 Å². The largest absolute Gasteiger partial charge is 0.479 e. The van der Waals surface area contributed by atoms with Crippen LogP contribution in [-0.2, 0) is 45.6 Å². The standard InChI is InChI=1S/C13H21N3.2C12H20N2.C11H16N2O.C11H18N2.C10H15FN2.C10H16N2.C9H16N2.C9H15NO2.C7H12N2S/c1-13(2,3)10-11-6-7-14-15-12(11)16-8-4-5-9-16;1-9(2)11-10(6-7-13-14-11)8-12(3,4)5;1-5-6-11(12(2,3)4)10-7-8-13-14-9-10;1-11(2,3)9-5-7-14-10-8(9)4-6-12-13-10;1-8-6-12-7-13-10(8)9(2)11(3,4)5;1-7(10(2,3)4)8-5-6-12-13-9(8)11;1-8-9(5-6-11-12-8)7-10(2,3)4;1-9(2,3)5-8-6-10-11(4)7-8;1-9(2,3)6-7-5-8(11-4)10-12-7;1-7(2,3)4-6-5-8-9-10-6/h6-7H,4-5,8-10H2,1-3H3;6-7,9H,8H2,1-5H3;7-9,11H,5-6H2,1-4H3;4,6,9H,5,7H2,1-3H3;6-7,9H,1-5H3;5-7H,1-4H3;5-6H,7H2,1-4H3;6-7H,5H2,1-4H3;5H,6H2,1-4H3;5H,4H2,1-3H3. The summed E-state index contributed by atoms with van der Waals surface area (Å²) in [6.45, 7) is 84.5. The Morgan fingerprint density at radius 2 is 1.05 bits per heavy atom. The molecule has 23 nitrogen and oxygen atoms in total. The molecule has 1 fully saturated rings. The van der Waals surface area contributed by atoms with E-state index < -0.39 is 5.95 Å². The monoisotopic (exact) mass is 1800 g/mol. The Morgan fingerprint density at radius 3 is 1.53 bits per heavy atom. The first-order chi connectivity index (χ1) is 59.5. The number of halogens is 1. The normalized spacial score (nSPS) is 14.2. The third-order valence-corrected chi connectivity index (χ3v) is 22.0. The summed E-state index contributed by atoms with van der Waals surface area (Å²) in [7, 11) is 3.53. The predicted molar refractivity (Wildman–Crippen MR) is 529 cm³/mol. The van der Waals surface area contributed by atoms with Crippen LogP contribution in [0.5, 0.6) is 11.8 Å². The number of methoxy groups -OCH3 is 1. The van der Waals surface area contributed by atoms with Crippen molar-refractivity contribution in [2.75, 3.05) is 31.7 Å². The zero-order valence-electron chi connectivity index (χ0n) is 87.2. The second kappa shape index (κ2) is 52.2. The summed E-state index contributed by atoms with van der Waals surface area (Å²) >= 11 is 1.49. The molecule has 0 aliphatic carbocycles. The minimum absolute atomic E-state index is 0.0455. The van der Waals surface area contributed by atoms with Crippen LogP contribution in [0.25, 0.3) is 0 Å². The zero-order chi connectivity index (χ0) is 97.7. The van der Waals surface area contributed by atoms with Crippen molar-refractivity contribution in [2.45, 2.75) is 356 Å². The van der Waals surface area contributed by atoms with Crippen molar-refractivity contribution in [3.63, 3.8) is 0 Å².